The predicted octanol–water partition coefficient (Wildman–Crippen LogP) is 3.34. The summed E-state index contributed by atoms with van der Waals surface area (Å²) in [5, 5.41) is 7.82. The second-order valence-electron chi connectivity index (χ2n) is 7.55. The van der Waals surface area contributed by atoms with Crippen molar-refractivity contribution in [1.82, 2.24) is 20.0 Å². The van der Waals surface area contributed by atoms with E-state index < -0.39 is 0 Å². The Morgan fingerprint density at radius 3 is 2.59 bits per heavy atom. The number of hydrogen-bond donors (Lipinski definition) is 1. The number of benzene rings is 1. The molecular formula is C21H32IN5. The Morgan fingerprint density at radius 2 is 1.96 bits per heavy atom. The molecular weight excluding hydrogens is 449 g/mol. The molecule has 3 rings (SSSR count). The van der Waals surface area contributed by atoms with E-state index in [1.165, 1.54) is 28.7 Å². The molecule has 2 aromatic rings. The fourth-order valence-electron chi connectivity index (χ4n) is 3.97. The van der Waals surface area contributed by atoms with Gasteiger partial charge in [-0.3, -0.25) is 9.67 Å². The molecule has 0 bridgehead atoms. The Hall–Kier alpha value is -1.57. The van der Waals surface area contributed by atoms with Gasteiger partial charge >= 0.3 is 0 Å². The molecule has 1 aliphatic rings. The molecule has 6 heteroatoms. The molecule has 27 heavy (non-hydrogen) atoms. The third-order valence-electron chi connectivity index (χ3n) is 5.06. The van der Waals surface area contributed by atoms with E-state index in [2.05, 4.69) is 58.6 Å². The Bertz CT molecular complexity index is 747. The summed E-state index contributed by atoms with van der Waals surface area (Å²) in [4.78, 5) is 6.89. The molecule has 0 saturated carbocycles. The van der Waals surface area contributed by atoms with E-state index in [9.17, 15) is 0 Å². The van der Waals surface area contributed by atoms with Crippen LogP contribution in [0.15, 0.2) is 35.6 Å². The minimum Gasteiger partial charge on any atom is -0.356 e. The molecule has 1 atom stereocenters. The first-order valence-corrected chi connectivity index (χ1v) is 9.54. The van der Waals surface area contributed by atoms with Crippen LogP contribution >= 0.6 is 24.0 Å². The van der Waals surface area contributed by atoms with E-state index in [1.54, 1.807) is 0 Å². The molecule has 1 aromatic heterocycles. The third-order valence-corrected chi connectivity index (χ3v) is 5.06. The van der Waals surface area contributed by atoms with Gasteiger partial charge in [0.05, 0.1) is 6.20 Å². The maximum Gasteiger partial charge on any atom is 0.193 e. The molecule has 1 aliphatic heterocycles. The van der Waals surface area contributed by atoms with Crippen molar-refractivity contribution in [3.05, 3.63) is 52.8 Å². The van der Waals surface area contributed by atoms with Gasteiger partial charge in [-0.05, 0) is 50.2 Å². The van der Waals surface area contributed by atoms with Crippen LogP contribution in [-0.2, 0) is 19.9 Å². The lowest BCUT2D eigenvalue weighted by molar-refractivity contribution is 0.460. The highest BCUT2D eigenvalue weighted by atomic mass is 127. The first-order chi connectivity index (χ1) is 12.5. The van der Waals surface area contributed by atoms with E-state index in [-0.39, 0.29) is 24.0 Å². The number of aryl methyl sites for hydroxylation is 3. The molecule has 1 aromatic carbocycles. The largest absolute Gasteiger partial charge is 0.356 e. The number of aromatic nitrogens is 2. The topological polar surface area (TPSA) is 45.5 Å². The molecule has 1 saturated heterocycles. The highest BCUT2D eigenvalue weighted by Crippen LogP contribution is 2.20. The van der Waals surface area contributed by atoms with Gasteiger partial charge in [0.1, 0.15) is 0 Å². The summed E-state index contributed by atoms with van der Waals surface area (Å²) in [5.41, 5.74) is 5.39. The van der Waals surface area contributed by atoms with Crippen LogP contribution in [-0.4, -0.2) is 47.3 Å². The molecule has 0 amide bonds. The maximum absolute atomic E-state index is 4.50. The van der Waals surface area contributed by atoms with Gasteiger partial charge in [-0.15, -0.1) is 24.0 Å². The van der Waals surface area contributed by atoms with Crippen molar-refractivity contribution < 1.29 is 0 Å². The number of hydrogen-bond acceptors (Lipinski definition) is 2. The first kappa shape index (κ1) is 21.7. The predicted molar refractivity (Wildman–Crippen MR) is 123 cm³/mol. The highest BCUT2D eigenvalue weighted by molar-refractivity contribution is 14.0. The van der Waals surface area contributed by atoms with Crippen LogP contribution < -0.4 is 5.32 Å². The van der Waals surface area contributed by atoms with E-state index in [0.29, 0.717) is 5.92 Å². The van der Waals surface area contributed by atoms with Gasteiger partial charge < -0.3 is 10.2 Å². The summed E-state index contributed by atoms with van der Waals surface area (Å²) in [7, 11) is 3.86. The highest BCUT2D eigenvalue weighted by Gasteiger charge is 2.25. The lowest BCUT2D eigenvalue weighted by Gasteiger charge is -2.21. The van der Waals surface area contributed by atoms with Gasteiger partial charge in [0.25, 0.3) is 0 Å². The second-order valence-corrected chi connectivity index (χ2v) is 7.55. The molecule has 1 fully saturated rings. The van der Waals surface area contributed by atoms with Crippen molar-refractivity contribution >= 4 is 29.9 Å². The van der Waals surface area contributed by atoms with Gasteiger partial charge in [0, 0.05) is 39.9 Å². The zero-order valence-electron chi connectivity index (χ0n) is 16.9. The Labute approximate surface area is 180 Å². The summed E-state index contributed by atoms with van der Waals surface area (Å²) >= 11 is 0. The number of guanidine groups is 1. The number of nitrogens with one attached hydrogen (secondary N) is 1. The van der Waals surface area contributed by atoms with Gasteiger partial charge in [0.2, 0.25) is 0 Å². The van der Waals surface area contributed by atoms with Crippen LogP contribution in [0.2, 0.25) is 0 Å². The SMILES string of the molecule is CN=C(NCCc1cc(C)cc(C)c1)N1CCC(Cc2cnn(C)c2)C1.I. The fourth-order valence-corrected chi connectivity index (χ4v) is 3.97. The lowest BCUT2D eigenvalue weighted by Crippen LogP contribution is -2.41. The standard InChI is InChI=1S/C21H31N5.HI/c1-16-9-17(2)11-18(10-16)5-7-23-21(22-3)26-8-6-19(15-26)12-20-13-24-25(4)14-20;/h9-11,13-14,19H,5-8,12,15H2,1-4H3,(H,22,23);1H. The van der Waals surface area contributed by atoms with Crippen LogP contribution in [0.4, 0.5) is 0 Å². The summed E-state index contributed by atoms with van der Waals surface area (Å²) in [6.07, 6.45) is 7.45. The van der Waals surface area contributed by atoms with Crippen molar-refractivity contribution in [3.63, 3.8) is 0 Å². The number of halogens is 1. The molecule has 1 N–H and O–H groups in total. The zero-order valence-corrected chi connectivity index (χ0v) is 19.2. The van der Waals surface area contributed by atoms with E-state index in [0.717, 1.165) is 38.4 Å². The van der Waals surface area contributed by atoms with Crippen molar-refractivity contribution in [2.75, 3.05) is 26.7 Å². The molecule has 148 valence electrons. The van der Waals surface area contributed by atoms with Crippen LogP contribution in [0, 0.1) is 19.8 Å². The van der Waals surface area contributed by atoms with E-state index >= 15 is 0 Å². The quantitative estimate of drug-likeness (QED) is 0.405. The Morgan fingerprint density at radius 1 is 1.22 bits per heavy atom. The number of rotatable bonds is 5. The number of aliphatic imine (C=N–C) groups is 1. The van der Waals surface area contributed by atoms with Gasteiger partial charge in [-0.25, -0.2) is 0 Å². The number of nitrogens with zero attached hydrogens (tertiary/aromatic N) is 4. The fraction of sp³-hybridized carbons (Fsp3) is 0.524. The van der Waals surface area contributed by atoms with E-state index in [4.69, 9.17) is 0 Å². The van der Waals surface area contributed by atoms with E-state index in [1.807, 2.05) is 25.0 Å². The summed E-state index contributed by atoms with van der Waals surface area (Å²) < 4.78 is 1.88. The minimum atomic E-state index is 0. The molecule has 1 unspecified atom stereocenters. The summed E-state index contributed by atoms with van der Waals surface area (Å²) in [6.45, 7) is 7.39. The van der Waals surface area contributed by atoms with Gasteiger partial charge in [0.15, 0.2) is 5.96 Å². The molecule has 0 radical (unpaired) electrons. The molecule has 5 nitrogen and oxygen atoms in total. The second kappa shape index (κ2) is 10.1. The zero-order chi connectivity index (χ0) is 18.5. The Kier molecular flexibility index (Phi) is 8.13. The molecule has 0 aliphatic carbocycles. The Balaban J connectivity index is 0.00000261. The average Bonchev–Trinajstić information content (AvgIpc) is 3.20. The van der Waals surface area contributed by atoms with Crippen LogP contribution in [0.5, 0.6) is 0 Å². The number of likely N-dealkylation sites (tertiary alicyclic amines) is 1. The lowest BCUT2D eigenvalue weighted by atomic mass is 10.0. The smallest absolute Gasteiger partial charge is 0.193 e. The van der Waals surface area contributed by atoms with Gasteiger partial charge in [-0.1, -0.05) is 29.3 Å². The van der Waals surface area contributed by atoms with Gasteiger partial charge in [-0.2, -0.15) is 5.10 Å². The monoisotopic (exact) mass is 481 g/mol. The summed E-state index contributed by atoms with van der Waals surface area (Å²) in [5.74, 6) is 1.71. The van der Waals surface area contributed by atoms with Crippen molar-refractivity contribution in [2.45, 2.75) is 33.1 Å². The molecule has 2 heterocycles. The molecule has 0 spiro atoms. The van der Waals surface area contributed by atoms with Crippen LogP contribution in [0.25, 0.3) is 0 Å². The van der Waals surface area contributed by atoms with Crippen molar-refractivity contribution in [2.24, 2.45) is 18.0 Å². The van der Waals surface area contributed by atoms with Crippen LogP contribution in [0.3, 0.4) is 0 Å². The first-order valence-electron chi connectivity index (χ1n) is 9.54. The maximum atomic E-state index is 4.50. The van der Waals surface area contributed by atoms with Crippen molar-refractivity contribution in [3.8, 4) is 0 Å². The summed E-state index contributed by atoms with van der Waals surface area (Å²) in [6, 6.07) is 6.77. The normalized spacial score (nSPS) is 17.1. The average molecular weight is 481 g/mol. The minimum absolute atomic E-state index is 0. The third kappa shape index (κ3) is 6.23. The van der Waals surface area contributed by atoms with Crippen LogP contribution in [0.1, 0.15) is 28.7 Å². The van der Waals surface area contributed by atoms with Crippen molar-refractivity contribution in [1.29, 1.82) is 0 Å².